The van der Waals surface area contributed by atoms with Gasteiger partial charge in [0.1, 0.15) is 5.75 Å². The van der Waals surface area contributed by atoms with Crippen LogP contribution in [0, 0.1) is 0 Å². The monoisotopic (exact) mass is 363 g/mol. The first-order valence-electron chi connectivity index (χ1n) is 7.53. The molecule has 0 aliphatic heterocycles. The fourth-order valence-corrected chi connectivity index (χ4v) is 2.99. The van der Waals surface area contributed by atoms with E-state index in [1.165, 1.54) is 4.90 Å². The Morgan fingerprint density at radius 1 is 1.17 bits per heavy atom. The highest BCUT2D eigenvalue weighted by Gasteiger charge is 2.04. The highest BCUT2D eigenvalue weighted by molar-refractivity contribution is 7.99. The van der Waals surface area contributed by atoms with Crippen LogP contribution in [0.5, 0.6) is 11.5 Å². The summed E-state index contributed by atoms with van der Waals surface area (Å²) in [5.74, 6) is 3.17. The lowest BCUT2D eigenvalue weighted by Gasteiger charge is -2.12. The molecule has 2 N–H and O–H groups in total. The first-order valence-corrected chi connectivity index (χ1v) is 8.93. The maximum Gasteiger partial charge on any atom is 0.174 e. The Morgan fingerprint density at radius 3 is 2.67 bits per heavy atom. The summed E-state index contributed by atoms with van der Waals surface area (Å²) in [5, 5.41) is 6.77. The standard InChI is InChI=1S/C17H21N3O2S2/c1-21-13-6-8-14(9-7-13)24-12-4-11-19-17(23)20-16-15(22-2)5-3-10-18-16/h3,5-10H,4,11-12H2,1-2H3,(H2,18,19,20,23). The summed E-state index contributed by atoms with van der Waals surface area (Å²) < 4.78 is 10.4. The third-order valence-electron chi connectivity index (χ3n) is 3.16. The lowest BCUT2D eigenvalue weighted by atomic mass is 10.3. The predicted octanol–water partition coefficient (Wildman–Crippen LogP) is 3.57. The number of thioether (sulfide) groups is 1. The molecule has 5 nitrogen and oxygen atoms in total. The molecular formula is C17H21N3O2S2. The van der Waals surface area contributed by atoms with Crippen molar-refractivity contribution in [3.8, 4) is 11.5 Å². The molecule has 0 aliphatic carbocycles. The molecule has 7 heteroatoms. The lowest BCUT2D eigenvalue weighted by Crippen LogP contribution is -2.30. The van der Waals surface area contributed by atoms with E-state index in [9.17, 15) is 0 Å². The average Bonchev–Trinajstić information content (AvgIpc) is 2.62. The van der Waals surface area contributed by atoms with Crippen molar-refractivity contribution in [2.75, 3.05) is 31.8 Å². The second-order valence-corrected chi connectivity index (χ2v) is 6.39. The zero-order chi connectivity index (χ0) is 17.2. The molecule has 0 radical (unpaired) electrons. The molecule has 128 valence electrons. The summed E-state index contributed by atoms with van der Waals surface area (Å²) in [6, 6.07) is 11.7. The quantitative estimate of drug-likeness (QED) is 0.422. The first kappa shape index (κ1) is 18.4. The second kappa shape index (κ2) is 10.00. The van der Waals surface area contributed by atoms with Crippen molar-refractivity contribution >= 4 is 34.9 Å². The minimum absolute atomic E-state index is 0.543. The Bertz CT molecular complexity index is 651. The number of benzene rings is 1. The van der Waals surface area contributed by atoms with Crippen molar-refractivity contribution in [1.82, 2.24) is 10.3 Å². The number of aromatic nitrogens is 1. The van der Waals surface area contributed by atoms with Crippen molar-refractivity contribution in [2.24, 2.45) is 0 Å². The number of methoxy groups -OCH3 is 2. The Labute approximate surface area is 152 Å². The highest BCUT2D eigenvalue weighted by Crippen LogP contribution is 2.22. The van der Waals surface area contributed by atoms with E-state index < -0.39 is 0 Å². The fourth-order valence-electron chi connectivity index (χ4n) is 1.94. The number of ether oxygens (including phenoxy) is 2. The maximum absolute atomic E-state index is 5.28. The van der Waals surface area contributed by atoms with Crippen molar-refractivity contribution in [3.63, 3.8) is 0 Å². The Hall–Kier alpha value is -1.99. The molecule has 2 rings (SSSR count). The number of anilines is 1. The molecule has 0 bridgehead atoms. The molecule has 0 unspecified atom stereocenters. The number of thiocarbonyl (C=S) groups is 1. The van der Waals surface area contributed by atoms with Crippen LogP contribution in [0.4, 0.5) is 5.82 Å². The average molecular weight is 364 g/mol. The van der Waals surface area contributed by atoms with E-state index in [0.29, 0.717) is 16.7 Å². The van der Waals surface area contributed by atoms with Crippen LogP contribution in [0.1, 0.15) is 6.42 Å². The van der Waals surface area contributed by atoms with E-state index in [1.54, 1.807) is 20.4 Å². The zero-order valence-corrected chi connectivity index (χ0v) is 15.4. The van der Waals surface area contributed by atoms with E-state index in [4.69, 9.17) is 21.7 Å². The molecule has 1 heterocycles. The Morgan fingerprint density at radius 2 is 1.96 bits per heavy atom. The third-order valence-corrected chi connectivity index (χ3v) is 4.50. The maximum atomic E-state index is 5.28. The number of hydrogen-bond acceptors (Lipinski definition) is 5. The van der Waals surface area contributed by atoms with Gasteiger partial charge in [0.15, 0.2) is 16.7 Å². The van der Waals surface area contributed by atoms with Gasteiger partial charge >= 0.3 is 0 Å². The van der Waals surface area contributed by atoms with Gasteiger partial charge in [0.25, 0.3) is 0 Å². The van der Waals surface area contributed by atoms with Gasteiger partial charge in [-0.1, -0.05) is 0 Å². The molecule has 0 saturated heterocycles. The molecular weight excluding hydrogens is 342 g/mol. The van der Waals surface area contributed by atoms with E-state index in [1.807, 2.05) is 36.0 Å². The second-order valence-electron chi connectivity index (χ2n) is 4.81. The first-order chi connectivity index (χ1) is 11.7. The van der Waals surface area contributed by atoms with Crippen molar-refractivity contribution < 1.29 is 9.47 Å². The molecule has 0 fully saturated rings. The van der Waals surface area contributed by atoms with Gasteiger partial charge in [-0.15, -0.1) is 11.8 Å². The minimum atomic E-state index is 0.543. The van der Waals surface area contributed by atoms with Crippen LogP contribution in [0.3, 0.4) is 0 Å². The van der Waals surface area contributed by atoms with Crippen LogP contribution in [0.2, 0.25) is 0 Å². The highest BCUT2D eigenvalue weighted by atomic mass is 32.2. The number of pyridine rings is 1. The van der Waals surface area contributed by atoms with Gasteiger partial charge in [-0.2, -0.15) is 0 Å². The molecule has 2 aromatic rings. The molecule has 1 aromatic carbocycles. The Balaban J connectivity index is 1.65. The van der Waals surface area contributed by atoms with Crippen molar-refractivity contribution in [1.29, 1.82) is 0 Å². The molecule has 0 aliphatic rings. The van der Waals surface area contributed by atoms with Crippen LogP contribution >= 0.6 is 24.0 Å². The molecule has 0 amide bonds. The molecule has 0 spiro atoms. The minimum Gasteiger partial charge on any atom is -0.497 e. The number of hydrogen-bond donors (Lipinski definition) is 2. The molecule has 24 heavy (non-hydrogen) atoms. The number of nitrogens with one attached hydrogen (secondary N) is 2. The smallest absolute Gasteiger partial charge is 0.174 e. The molecule has 0 saturated carbocycles. The van der Waals surface area contributed by atoms with Gasteiger partial charge in [0, 0.05) is 17.6 Å². The van der Waals surface area contributed by atoms with Crippen LogP contribution in [-0.2, 0) is 0 Å². The topological polar surface area (TPSA) is 55.4 Å². The van der Waals surface area contributed by atoms with Crippen LogP contribution in [0.15, 0.2) is 47.5 Å². The summed E-state index contributed by atoms with van der Waals surface area (Å²) in [4.78, 5) is 5.44. The van der Waals surface area contributed by atoms with Gasteiger partial charge in [0.05, 0.1) is 14.2 Å². The van der Waals surface area contributed by atoms with Crippen LogP contribution < -0.4 is 20.1 Å². The van der Waals surface area contributed by atoms with E-state index in [2.05, 4.69) is 27.8 Å². The SMILES string of the molecule is COc1ccc(SCCCNC(=S)Nc2ncccc2OC)cc1. The van der Waals surface area contributed by atoms with Gasteiger partial charge in [-0.05, 0) is 60.8 Å². The molecule has 1 aromatic heterocycles. The van der Waals surface area contributed by atoms with E-state index in [-0.39, 0.29) is 0 Å². The van der Waals surface area contributed by atoms with Gasteiger partial charge in [0.2, 0.25) is 0 Å². The van der Waals surface area contributed by atoms with E-state index >= 15 is 0 Å². The van der Waals surface area contributed by atoms with Gasteiger partial charge < -0.3 is 20.1 Å². The summed E-state index contributed by atoms with van der Waals surface area (Å²) in [6.07, 6.45) is 2.69. The Kier molecular flexibility index (Phi) is 7.64. The van der Waals surface area contributed by atoms with Gasteiger partial charge in [-0.25, -0.2) is 4.98 Å². The lowest BCUT2D eigenvalue weighted by molar-refractivity contribution is 0.414. The van der Waals surface area contributed by atoms with Gasteiger partial charge in [-0.3, -0.25) is 0 Å². The molecule has 0 atom stereocenters. The van der Waals surface area contributed by atoms with Crippen molar-refractivity contribution in [2.45, 2.75) is 11.3 Å². The predicted molar refractivity (Wildman–Crippen MR) is 103 cm³/mol. The largest absolute Gasteiger partial charge is 0.497 e. The summed E-state index contributed by atoms with van der Waals surface area (Å²) >= 11 is 7.09. The summed E-state index contributed by atoms with van der Waals surface area (Å²) in [6.45, 7) is 0.796. The zero-order valence-electron chi connectivity index (χ0n) is 13.7. The number of nitrogens with zero attached hydrogens (tertiary/aromatic N) is 1. The fraction of sp³-hybridized carbons (Fsp3) is 0.294. The normalized spacial score (nSPS) is 10.1. The van der Waals surface area contributed by atoms with Crippen molar-refractivity contribution in [3.05, 3.63) is 42.6 Å². The van der Waals surface area contributed by atoms with Crippen LogP contribution in [0.25, 0.3) is 0 Å². The summed E-state index contributed by atoms with van der Waals surface area (Å²) in [5.41, 5.74) is 0. The van der Waals surface area contributed by atoms with E-state index in [0.717, 1.165) is 24.5 Å². The van der Waals surface area contributed by atoms with Crippen LogP contribution in [-0.4, -0.2) is 36.6 Å². The number of rotatable bonds is 8. The third kappa shape index (κ3) is 5.90. The summed E-state index contributed by atoms with van der Waals surface area (Å²) in [7, 11) is 3.28.